The lowest BCUT2D eigenvalue weighted by Gasteiger charge is -2.21. The number of hydrogen-bond acceptors (Lipinski definition) is 4. The van der Waals surface area contributed by atoms with Crippen LogP contribution in [-0.2, 0) is 20.7 Å². The normalized spacial score (nSPS) is 12.5. The van der Waals surface area contributed by atoms with E-state index in [4.69, 9.17) is 8.92 Å². The van der Waals surface area contributed by atoms with Gasteiger partial charge >= 0.3 is 0 Å². The standard InChI is InChI=1S/C27H32O4S/c1-4-5-9-22-14-17-27(30-3)26(20-22)25(23-10-7-6-8-11-23)18-19-31-32(28,29)24-15-12-21(2)13-16-24/h6-8,10-17,20,25H,4-5,9,18-19H2,1-3H3. The van der Waals surface area contributed by atoms with Gasteiger partial charge in [-0.05, 0) is 55.5 Å². The van der Waals surface area contributed by atoms with E-state index in [0.717, 1.165) is 41.7 Å². The number of aryl methyl sites for hydroxylation is 2. The molecule has 0 aliphatic carbocycles. The lowest BCUT2D eigenvalue weighted by molar-refractivity contribution is 0.304. The fraction of sp³-hybridized carbons (Fsp3) is 0.333. The molecule has 0 spiro atoms. The van der Waals surface area contributed by atoms with Crippen molar-refractivity contribution in [1.82, 2.24) is 0 Å². The summed E-state index contributed by atoms with van der Waals surface area (Å²) < 4.78 is 36.4. The predicted octanol–water partition coefficient (Wildman–Crippen LogP) is 6.27. The van der Waals surface area contributed by atoms with Gasteiger partial charge in [0, 0.05) is 11.5 Å². The summed E-state index contributed by atoms with van der Waals surface area (Å²) in [7, 11) is -2.13. The van der Waals surface area contributed by atoms with Crippen LogP contribution in [0.15, 0.2) is 77.7 Å². The zero-order valence-corrected chi connectivity index (χ0v) is 19.9. The second kappa shape index (κ2) is 11.3. The molecule has 3 aromatic rings. The van der Waals surface area contributed by atoms with Crippen molar-refractivity contribution in [2.24, 2.45) is 0 Å². The lowest BCUT2D eigenvalue weighted by Crippen LogP contribution is -2.12. The van der Waals surface area contributed by atoms with Gasteiger partial charge in [-0.25, -0.2) is 0 Å². The Morgan fingerprint density at radius 2 is 1.66 bits per heavy atom. The molecule has 0 aromatic heterocycles. The Bertz CT molecular complexity index is 1090. The minimum Gasteiger partial charge on any atom is -0.496 e. The maximum Gasteiger partial charge on any atom is 0.296 e. The van der Waals surface area contributed by atoms with E-state index >= 15 is 0 Å². The minimum absolute atomic E-state index is 0.0408. The first-order valence-electron chi connectivity index (χ1n) is 11.1. The first-order valence-corrected chi connectivity index (χ1v) is 12.5. The zero-order chi connectivity index (χ0) is 23.0. The van der Waals surface area contributed by atoms with Crippen molar-refractivity contribution >= 4 is 10.1 Å². The van der Waals surface area contributed by atoms with Crippen molar-refractivity contribution in [2.45, 2.75) is 50.3 Å². The van der Waals surface area contributed by atoms with Gasteiger partial charge in [0.1, 0.15) is 5.75 Å². The van der Waals surface area contributed by atoms with E-state index in [1.54, 1.807) is 31.4 Å². The molecule has 1 atom stereocenters. The first kappa shape index (κ1) is 24.0. The molecule has 3 rings (SSSR count). The Morgan fingerprint density at radius 3 is 2.31 bits per heavy atom. The van der Waals surface area contributed by atoms with Crippen LogP contribution in [0.4, 0.5) is 0 Å². The smallest absolute Gasteiger partial charge is 0.296 e. The Balaban J connectivity index is 1.85. The second-order valence-electron chi connectivity index (χ2n) is 8.02. The van der Waals surface area contributed by atoms with Crippen molar-refractivity contribution in [3.8, 4) is 5.75 Å². The molecular formula is C27H32O4S. The molecular weight excluding hydrogens is 420 g/mol. The Kier molecular flexibility index (Phi) is 8.48. The average Bonchev–Trinajstić information content (AvgIpc) is 2.81. The van der Waals surface area contributed by atoms with Crippen LogP contribution in [-0.4, -0.2) is 22.1 Å². The maximum atomic E-state index is 12.6. The largest absolute Gasteiger partial charge is 0.496 e. The van der Waals surface area contributed by atoms with Crippen molar-refractivity contribution in [1.29, 1.82) is 0 Å². The average molecular weight is 453 g/mol. The van der Waals surface area contributed by atoms with Crippen LogP contribution in [0.1, 0.15) is 54.4 Å². The van der Waals surface area contributed by atoms with Crippen LogP contribution in [0.3, 0.4) is 0 Å². The summed E-state index contributed by atoms with van der Waals surface area (Å²) in [6, 6.07) is 23.1. The molecule has 1 unspecified atom stereocenters. The number of benzene rings is 3. The van der Waals surface area contributed by atoms with Gasteiger partial charge in [0.15, 0.2) is 0 Å². The van der Waals surface area contributed by atoms with Gasteiger partial charge in [-0.3, -0.25) is 4.18 Å². The fourth-order valence-electron chi connectivity index (χ4n) is 3.83. The van der Waals surface area contributed by atoms with Crippen molar-refractivity contribution in [3.05, 3.63) is 95.1 Å². The predicted molar refractivity (Wildman–Crippen MR) is 129 cm³/mol. The number of methoxy groups -OCH3 is 1. The van der Waals surface area contributed by atoms with Gasteiger partial charge in [-0.2, -0.15) is 8.42 Å². The SMILES string of the molecule is CCCCc1ccc(OC)c(C(CCOS(=O)(=O)c2ccc(C)cc2)c2ccccc2)c1. The van der Waals surface area contributed by atoms with Crippen LogP contribution in [0, 0.1) is 6.92 Å². The van der Waals surface area contributed by atoms with Crippen LogP contribution in [0.2, 0.25) is 0 Å². The van der Waals surface area contributed by atoms with Crippen LogP contribution >= 0.6 is 0 Å². The van der Waals surface area contributed by atoms with Gasteiger partial charge in [0.05, 0.1) is 18.6 Å². The van der Waals surface area contributed by atoms with E-state index in [9.17, 15) is 8.42 Å². The molecule has 4 nitrogen and oxygen atoms in total. The monoisotopic (exact) mass is 452 g/mol. The van der Waals surface area contributed by atoms with E-state index in [1.807, 2.05) is 31.2 Å². The highest BCUT2D eigenvalue weighted by molar-refractivity contribution is 7.86. The summed E-state index contributed by atoms with van der Waals surface area (Å²) in [4.78, 5) is 0.179. The summed E-state index contributed by atoms with van der Waals surface area (Å²) in [5, 5.41) is 0. The topological polar surface area (TPSA) is 52.6 Å². The number of ether oxygens (including phenoxy) is 1. The molecule has 0 bridgehead atoms. The third-order valence-corrected chi connectivity index (χ3v) is 6.97. The van der Waals surface area contributed by atoms with Gasteiger partial charge in [-0.15, -0.1) is 0 Å². The van der Waals surface area contributed by atoms with Crippen LogP contribution in [0.5, 0.6) is 5.75 Å². The molecule has 0 N–H and O–H groups in total. The zero-order valence-electron chi connectivity index (χ0n) is 19.1. The van der Waals surface area contributed by atoms with Crippen molar-refractivity contribution < 1.29 is 17.3 Å². The van der Waals surface area contributed by atoms with Crippen molar-refractivity contribution in [3.63, 3.8) is 0 Å². The summed E-state index contributed by atoms with van der Waals surface area (Å²) >= 11 is 0. The van der Waals surface area contributed by atoms with Crippen LogP contribution in [0.25, 0.3) is 0 Å². The second-order valence-corrected chi connectivity index (χ2v) is 9.64. The molecule has 0 heterocycles. The van der Waals surface area contributed by atoms with E-state index in [1.165, 1.54) is 5.56 Å². The molecule has 0 radical (unpaired) electrons. The van der Waals surface area contributed by atoms with Gasteiger partial charge in [0.2, 0.25) is 0 Å². The third kappa shape index (κ3) is 6.21. The Labute approximate surface area is 192 Å². The summed E-state index contributed by atoms with van der Waals surface area (Å²) in [6.45, 7) is 4.19. The van der Waals surface area contributed by atoms with Crippen molar-refractivity contribution in [2.75, 3.05) is 13.7 Å². The van der Waals surface area contributed by atoms with E-state index in [0.29, 0.717) is 6.42 Å². The highest BCUT2D eigenvalue weighted by Crippen LogP contribution is 2.35. The highest BCUT2D eigenvalue weighted by Gasteiger charge is 2.21. The molecule has 170 valence electrons. The van der Waals surface area contributed by atoms with E-state index in [-0.39, 0.29) is 17.4 Å². The highest BCUT2D eigenvalue weighted by atomic mass is 32.2. The fourth-order valence-corrected chi connectivity index (χ4v) is 4.75. The molecule has 3 aromatic carbocycles. The molecule has 0 amide bonds. The van der Waals surface area contributed by atoms with Gasteiger partial charge < -0.3 is 4.74 Å². The summed E-state index contributed by atoms with van der Waals surface area (Å²) in [5.41, 5.74) is 4.43. The van der Waals surface area contributed by atoms with Gasteiger partial charge in [0.25, 0.3) is 10.1 Å². The minimum atomic E-state index is -3.80. The van der Waals surface area contributed by atoms with Gasteiger partial charge in [-0.1, -0.05) is 73.5 Å². The number of rotatable bonds is 11. The molecule has 32 heavy (non-hydrogen) atoms. The molecule has 0 aliphatic heterocycles. The molecule has 5 heteroatoms. The molecule has 0 saturated heterocycles. The number of unbranched alkanes of at least 4 members (excludes halogenated alkanes) is 1. The number of hydrogen-bond donors (Lipinski definition) is 0. The summed E-state index contributed by atoms with van der Waals surface area (Å²) in [6.07, 6.45) is 3.78. The van der Waals surface area contributed by atoms with E-state index < -0.39 is 10.1 Å². The quantitative estimate of drug-likeness (QED) is 0.322. The Hall–Kier alpha value is -2.63. The molecule has 0 aliphatic rings. The Morgan fingerprint density at radius 1 is 0.938 bits per heavy atom. The maximum absolute atomic E-state index is 12.6. The third-order valence-electron chi connectivity index (χ3n) is 5.65. The summed E-state index contributed by atoms with van der Waals surface area (Å²) in [5.74, 6) is 0.765. The van der Waals surface area contributed by atoms with E-state index in [2.05, 4.69) is 31.2 Å². The lowest BCUT2D eigenvalue weighted by atomic mass is 9.87. The molecule has 0 fully saturated rings. The van der Waals surface area contributed by atoms with Crippen LogP contribution < -0.4 is 4.74 Å². The molecule has 0 saturated carbocycles. The first-order chi connectivity index (χ1) is 15.4.